The van der Waals surface area contributed by atoms with E-state index >= 15 is 0 Å². The van der Waals surface area contributed by atoms with Gasteiger partial charge in [-0.25, -0.2) is 8.78 Å². The molecule has 1 rings (SSSR count). The van der Waals surface area contributed by atoms with Crippen LogP contribution < -0.4 is 5.73 Å². The lowest BCUT2D eigenvalue weighted by atomic mass is 10.1. The van der Waals surface area contributed by atoms with Crippen molar-refractivity contribution in [3.63, 3.8) is 0 Å². The molecule has 2 N–H and O–H groups in total. The highest BCUT2D eigenvalue weighted by Gasteiger charge is 2.20. The molecule has 4 nitrogen and oxygen atoms in total. The molecule has 1 amide bonds. The number of ether oxygens (including phenoxy) is 1. The van der Waals surface area contributed by atoms with Crippen LogP contribution in [0.1, 0.15) is 10.4 Å². The molecule has 6 heteroatoms. The summed E-state index contributed by atoms with van der Waals surface area (Å²) < 4.78 is 31.4. The Kier molecular flexibility index (Phi) is 5.67. The van der Waals surface area contributed by atoms with Gasteiger partial charge >= 0.3 is 0 Å². The molecule has 0 aromatic heterocycles. The van der Waals surface area contributed by atoms with Gasteiger partial charge in [-0.3, -0.25) is 4.79 Å². The zero-order chi connectivity index (χ0) is 13.5. The van der Waals surface area contributed by atoms with E-state index in [9.17, 15) is 13.6 Å². The molecule has 0 unspecified atom stereocenters. The van der Waals surface area contributed by atoms with E-state index in [4.69, 9.17) is 10.5 Å². The minimum Gasteiger partial charge on any atom is -0.383 e. The summed E-state index contributed by atoms with van der Waals surface area (Å²) >= 11 is 0. The lowest BCUT2D eigenvalue weighted by Gasteiger charge is -2.21. The maximum absolute atomic E-state index is 13.5. The van der Waals surface area contributed by atoms with Gasteiger partial charge in [0.05, 0.1) is 12.2 Å². The van der Waals surface area contributed by atoms with Gasteiger partial charge in [-0.05, 0) is 12.1 Å². The molecular weight excluding hydrogens is 242 g/mol. The number of nitrogens with two attached hydrogens (primary N) is 1. The minimum absolute atomic E-state index is 0.242. The molecule has 0 radical (unpaired) electrons. The summed E-state index contributed by atoms with van der Waals surface area (Å²) in [6, 6.07) is 3.51. The normalized spacial score (nSPS) is 10.4. The molecule has 100 valence electrons. The third-order valence-corrected chi connectivity index (χ3v) is 2.43. The minimum atomic E-state index is -1.14. The number of carbonyl (C=O) groups excluding carboxylic acids is 1. The van der Waals surface area contributed by atoms with E-state index in [0.29, 0.717) is 6.61 Å². The molecule has 0 saturated carbocycles. The van der Waals surface area contributed by atoms with Gasteiger partial charge < -0.3 is 15.4 Å². The van der Waals surface area contributed by atoms with Crippen molar-refractivity contribution < 1.29 is 18.3 Å². The number of hydrogen-bond donors (Lipinski definition) is 1. The van der Waals surface area contributed by atoms with E-state index in [1.54, 1.807) is 0 Å². The summed E-state index contributed by atoms with van der Waals surface area (Å²) in [6.07, 6.45) is 0. The van der Waals surface area contributed by atoms with Crippen molar-refractivity contribution >= 4 is 5.91 Å². The van der Waals surface area contributed by atoms with Gasteiger partial charge in [-0.2, -0.15) is 0 Å². The lowest BCUT2D eigenvalue weighted by molar-refractivity contribution is 0.0696. The quantitative estimate of drug-likeness (QED) is 0.828. The maximum Gasteiger partial charge on any atom is 0.257 e. The monoisotopic (exact) mass is 258 g/mol. The number of amides is 1. The van der Waals surface area contributed by atoms with Crippen molar-refractivity contribution in [1.82, 2.24) is 4.90 Å². The summed E-state index contributed by atoms with van der Waals surface area (Å²) in [6.45, 7) is 1.09. The van der Waals surface area contributed by atoms with E-state index in [1.165, 1.54) is 24.1 Å². The standard InChI is InChI=1S/C12H16F2N2O2/c1-18-8-7-16(6-5-15)12(17)9-3-2-4-10(13)11(9)14/h2-4H,5-8,15H2,1H3. The largest absolute Gasteiger partial charge is 0.383 e. The van der Waals surface area contributed by atoms with Crippen LogP contribution in [0, 0.1) is 11.6 Å². The molecule has 0 aliphatic heterocycles. The molecule has 0 heterocycles. The molecule has 0 saturated heterocycles. The van der Waals surface area contributed by atoms with Gasteiger partial charge in [0.25, 0.3) is 5.91 Å². The highest BCUT2D eigenvalue weighted by Crippen LogP contribution is 2.13. The number of benzene rings is 1. The van der Waals surface area contributed by atoms with E-state index in [0.717, 1.165) is 6.07 Å². The Hall–Kier alpha value is -1.53. The molecule has 0 aliphatic rings. The summed E-state index contributed by atoms with van der Waals surface area (Å²) in [5.41, 5.74) is 5.09. The van der Waals surface area contributed by atoms with Crippen molar-refractivity contribution in [2.45, 2.75) is 0 Å². The second-order valence-corrected chi connectivity index (χ2v) is 3.68. The molecule has 0 spiro atoms. The Morgan fingerprint density at radius 2 is 2.11 bits per heavy atom. The van der Waals surface area contributed by atoms with Gasteiger partial charge in [0.15, 0.2) is 11.6 Å². The number of methoxy groups -OCH3 is 1. The predicted octanol–water partition coefficient (Wildman–Crippen LogP) is 1.01. The summed E-state index contributed by atoms with van der Waals surface area (Å²) in [4.78, 5) is 13.4. The van der Waals surface area contributed by atoms with Crippen molar-refractivity contribution in [1.29, 1.82) is 0 Å². The van der Waals surface area contributed by atoms with E-state index < -0.39 is 17.5 Å². The fourth-order valence-electron chi connectivity index (χ4n) is 1.51. The molecular formula is C12H16F2N2O2. The van der Waals surface area contributed by atoms with Crippen molar-refractivity contribution in [3.8, 4) is 0 Å². The smallest absolute Gasteiger partial charge is 0.257 e. The van der Waals surface area contributed by atoms with Crippen molar-refractivity contribution in [3.05, 3.63) is 35.4 Å². The van der Waals surface area contributed by atoms with Crippen LogP contribution in [0.25, 0.3) is 0 Å². The molecule has 0 fully saturated rings. The van der Waals surface area contributed by atoms with Gasteiger partial charge in [-0.1, -0.05) is 6.07 Å². The molecule has 1 aromatic rings. The molecule has 1 aromatic carbocycles. The van der Waals surface area contributed by atoms with E-state index in [1.807, 2.05) is 0 Å². The first-order valence-electron chi connectivity index (χ1n) is 5.54. The van der Waals surface area contributed by atoms with Crippen LogP contribution in [-0.4, -0.2) is 44.2 Å². The fraction of sp³-hybridized carbons (Fsp3) is 0.417. The van der Waals surface area contributed by atoms with Crippen molar-refractivity contribution in [2.24, 2.45) is 5.73 Å². The number of hydrogen-bond acceptors (Lipinski definition) is 3. The first kappa shape index (κ1) is 14.5. The number of rotatable bonds is 6. The van der Waals surface area contributed by atoms with E-state index in [-0.39, 0.29) is 25.2 Å². The topological polar surface area (TPSA) is 55.6 Å². The average Bonchev–Trinajstić information content (AvgIpc) is 2.37. The zero-order valence-corrected chi connectivity index (χ0v) is 10.2. The Morgan fingerprint density at radius 3 is 2.72 bits per heavy atom. The summed E-state index contributed by atoms with van der Waals surface area (Å²) in [5, 5.41) is 0. The van der Waals surface area contributed by atoms with Crippen LogP contribution in [0.4, 0.5) is 8.78 Å². The highest BCUT2D eigenvalue weighted by atomic mass is 19.2. The van der Waals surface area contributed by atoms with Crippen LogP contribution in [0.15, 0.2) is 18.2 Å². The van der Waals surface area contributed by atoms with Gasteiger partial charge in [0.1, 0.15) is 0 Å². The van der Waals surface area contributed by atoms with Crippen LogP contribution in [0.5, 0.6) is 0 Å². The first-order chi connectivity index (χ1) is 8.61. The van der Waals surface area contributed by atoms with E-state index in [2.05, 4.69) is 0 Å². The Bertz CT molecular complexity index is 413. The third kappa shape index (κ3) is 3.48. The average molecular weight is 258 g/mol. The third-order valence-electron chi connectivity index (χ3n) is 2.43. The Labute approximate surface area is 104 Å². The molecule has 0 atom stereocenters. The van der Waals surface area contributed by atoms with Crippen LogP contribution in [-0.2, 0) is 4.74 Å². The van der Waals surface area contributed by atoms with Crippen LogP contribution in [0.2, 0.25) is 0 Å². The summed E-state index contributed by atoms with van der Waals surface area (Å²) in [5.74, 6) is -2.77. The molecule has 0 bridgehead atoms. The second kappa shape index (κ2) is 7.03. The maximum atomic E-state index is 13.5. The van der Waals surface area contributed by atoms with Gasteiger partial charge in [-0.15, -0.1) is 0 Å². The van der Waals surface area contributed by atoms with Gasteiger partial charge in [0.2, 0.25) is 0 Å². The molecule has 0 aliphatic carbocycles. The second-order valence-electron chi connectivity index (χ2n) is 3.68. The zero-order valence-electron chi connectivity index (χ0n) is 10.2. The van der Waals surface area contributed by atoms with Crippen molar-refractivity contribution in [2.75, 3.05) is 33.4 Å². The number of carbonyl (C=O) groups is 1. The Morgan fingerprint density at radius 1 is 1.39 bits per heavy atom. The SMILES string of the molecule is COCCN(CCN)C(=O)c1cccc(F)c1F. The number of halogens is 2. The Balaban J connectivity index is 2.90. The van der Waals surface area contributed by atoms with Crippen LogP contribution >= 0.6 is 0 Å². The first-order valence-corrected chi connectivity index (χ1v) is 5.54. The summed E-state index contributed by atoms with van der Waals surface area (Å²) in [7, 11) is 1.49. The molecule has 18 heavy (non-hydrogen) atoms. The number of nitrogens with zero attached hydrogens (tertiary/aromatic N) is 1. The fourth-order valence-corrected chi connectivity index (χ4v) is 1.51. The lowest BCUT2D eigenvalue weighted by Crippen LogP contribution is -2.38. The van der Waals surface area contributed by atoms with Crippen LogP contribution in [0.3, 0.4) is 0 Å². The predicted molar refractivity (Wildman–Crippen MR) is 63.2 cm³/mol. The van der Waals surface area contributed by atoms with Gasteiger partial charge in [0, 0.05) is 26.7 Å². The highest BCUT2D eigenvalue weighted by molar-refractivity contribution is 5.94.